The van der Waals surface area contributed by atoms with Crippen molar-refractivity contribution in [1.29, 1.82) is 0 Å². The third kappa shape index (κ3) is 5.87. The van der Waals surface area contributed by atoms with E-state index in [1.54, 1.807) is 11.3 Å². The molecule has 6 heteroatoms. The second-order valence-corrected chi connectivity index (χ2v) is 10.2. The fraction of sp³-hybridized carbons (Fsp3) is 0.385. The molecule has 0 atom stereocenters. The number of rotatable bonds is 5. The van der Waals surface area contributed by atoms with Gasteiger partial charge in [-0.3, -0.25) is 0 Å². The minimum Gasteiger partial charge on any atom is -0.489 e. The first kappa shape index (κ1) is 22.3. The van der Waals surface area contributed by atoms with Crippen molar-refractivity contribution < 1.29 is 4.74 Å². The van der Waals surface area contributed by atoms with Gasteiger partial charge in [-0.25, -0.2) is 9.97 Å². The van der Waals surface area contributed by atoms with E-state index in [1.807, 2.05) is 36.7 Å². The van der Waals surface area contributed by atoms with Gasteiger partial charge >= 0.3 is 0 Å². The molecule has 0 spiro atoms. The number of nitrogen functional groups attached to an aromatic ring is 1. The highest BCUT2D eigenvalue weighted by molar-refractivity contribution is 7.15. The summed E-state index contributed by atoms with van der Waals surface area (Å²) in [6, 6.07) is 9.90. The summed E-state index contributed by atoms with van der Waals surface area (Å²) in [4.78, 5) is 10.2. The molecule has 1 aliphatic heterocycles. The molecule has 3 N–H and O–H groups in total. The van der Waals surface area contributed by atoms with Gasteiger partial charge in [0.05, 0.1) is 9.88 Å². The molecular weight excluding hydrogens is 416 g/mol. The number of aromatic nitrogens is 2. The maximum atomic E-state index is 6.15. The number of anilines is 1. The molecule has 1 aliphatic rings. The molecule has 32 heavy (non-hydrogen) atoms. The summed E-state index contributed by atoms with van der Waals surface area (Å²) in [6.07, 6.45) is 6.06. The van der Waals surface area contributed by atoms with Gasteiger partial charge in [0.1, 0.15) is 18.2 Å². The number of hydrogen-bond acceptors (Lipinski definition) is 6. The van der Waals surface area contributed by atoms with E-state index in [-0.39, 0.29) is 5.41 Å². The first-order valence-electron chi connectivity index (χ1n) is 11.0. The highest BCUT2D eigenvalue weighted by Gasteiger charge is 2.19. The summed E-state index contributed by atoms with van der Waals surface area (Å²) < 4.78 is 6.03. The molecule has 3 heterocycles. The molecule has 5 nitrogen and oxygen atoms in total. The van der Waals surface area contributed by atoms with Crippen LogP contribution >= 0.6 is 11.3 Å². The minimum absolute atomic E-state index is 0.0399. The predicted octanol–water partition coefficient (Wildman–Crippen LogP) is 5.23. The summed E-state index contributed by atoms with van der Waals surface area (Å²) in [5, 5.41) is 4.63. The smallest absolute Gasteiger partial charge is 0.130 e. The Morgan fingerprint density at radius 1 is 1.16 bits per heavy atom. The molecule has 0 bridgehead atoms. The lowest BCUT2D eigenvalue weighted by Crippen LogP contribution is -2.26. The predicted molar refractivity (Wildman–Crippen MR) is 132 cm³/mol. The molecule has 0 radical (unpaired) electrons. The van der Waals surface area contributed by atoms with Crippen molar-refractivity contribution in [1.82, 2.24) is 15.3 Å². The van der Waals surface area contributed by atoms with E-state index in [0.29, 0.717) is 18.3 Å². The Labute approximate surface area is 194 Å². The monoisotopic (exact) mass is 446 g/mol. The molecule has 0 amide bonds. The van der Waals surface area contributed by atoms with Gasteiger partial charge in [0.25, 0.3) is 0 Å². The van der Waals surface area contributed by atoms with Gasteiger partial charge < -0.3 is 15.8 Å². The first-order valence-corrected chi connectivity index (χ1v) is 11.9. The van der Waals surface area contributed by atoms with Gasteiger partial charge in [-0.05, 0) is 71.0 Å². The molecule has 0 saturated carbocycles. The average Bonchev–Trinajstić information content (AvgIpc) is 3.28. The van der Waals surface area contributed by atoms with Crippen molar-refractivity contribution in [2.45, 2.75) is 46.1 Å². The number of nitrogens with one attached hydrogen (secondary N) is 1. The SMILES string of the molecule is CC(C)(C)C#Cc1cccc(OCc2cc(-c3cnc(C4CCNCC4)s3)cnc2N)c1. The normalized spacial score (nSPS) is 14.6. The largest absolute Gasteiger partial charge is 0.489 e. The Balaban J connectivity index is 1.47. The Bertz CT molecular complexity index is 1130. The zero-order valence-electron chi connectivity index (χ0n) is 18.9. The summed E-state index contributed by atoms with van der Waals surface area (Å²) in [7, 11) is 0. The lowest BCUT2D eigenvalue weighted by molar-refractivity contribution is 0.306. The van der Waals surface area contributed by atoms with Crippen molar-refractivity contribution in [2.24, 2.45) is 5.41 Å². The topological polar surface area (TPSA) is 73.1 Å². The summed E-state index contributed by atoms with van der Waals surface area (Å²) in [5.41, 5.74) is 8.94. The van der Waals surface area contributed by atoms with Gasteiger partial charge in [0, 0.05) is 40.4 Å². The molecule has 1 saturated heterocycles. The van der Waals surface area contributed by atoms with Gasteiger partial charge in [-0.1, -0.05) is 17.9 Å². The van der Waals surface area contributed by atoms with E-state index in [0.717, 1.165) is 53.2 Å². The van der Waals surface area contributed by atoms with Crippen LogP contribution in [0.25, 0.3) is 10.4 Å². The zero-order chi connectivity index (χ0) is 22.6. The number of hydrogen-bond donors (Lipinski definition) is 2. The van der Waals surface area contributed by atoms with Crippen molar-refractivity contribution in [2.75, 3.05) is 18.8 Å². The molecule has 1 aromatic carbocycles. The van der Waals surface area contributed by atoms with Crippen LogP contribution in [-0.4, -0.2) is 23.1 Å². The van der Waals surface area contributed by atoms with E-state index < -0.39 is 0 Å². The number of nitrogens with two attached hydrogens (primary N) is 1. The summed E-state index contributed by atoms with van der Waals surface area (Å²) in [5.74, 6) is 8.27. The lowest BCUT2D eigenvalue weighted by Gasteiger charge is -2.20. The van der Waals surface area contributed by atoms with Crippen LogP contribution in [0.4, 0.5) is 5.82 Å². The van der Waals surface area contributed by atoms with E-state index >= 15 is 0 Å². The number of thiazole rings is 1. The Morgan fingerprint density at radius 3 is 2.75 bits per heavy atom. The third-order valence-electron chi connectivity index (χ3n) is 5.31. The van der Waals surface area contributed by atoms with Gasteiger partial charge in [-0.2, -0.15) is 0 Å². The molecule has 0 aliphatic carbocycles. The summed E-state index contributed by atoms with van der Waals surface area (Å²) >= 11 is 1.76. The second-order valence-electron chi connectivity index (χ2n) is 9.17. The van der Waals surface area contributed by atoms with Gasteiger partial charge in [-0.15, -0.1) is 11.3 Å². The van der Waals surface area contributed by atoms with Crippen LogP contribution in [0.5, 0.6) is 5.75 Å². The zero-order valence-corrected chi connectivity index (χ0v) is 19.8. The van der Waals surface area contributed by atoms with Crippen molar-refractivity contribution in [3.63, 3.8) is 0 Å². The van der Waals surface area contributed by atoms with E-state index in [4.69, 9.17) is 15.5 Å². The minimum atomic E-state index is -0.0399. The molecule has 3 aromatic rings. The van der Waals surface area contributed by atoms with Crippen LogP contribution in [0.15, 0.2) is 42.7 Å². The number of nitrogens with zero attached hydrogens (tertiary/aromatic N) is 2. The van der Waals surface area contributed by atoms with Crippen LogP contribution in [0.2, 0.25) is 0 Å². The molecule has 4 rings (SSSR count). The lowest BCUT2D eigenvalue weighted by atomic mass is 9.97. The highest BCUT2D eigenvalue weighted by atomic mass is 32.1. The maximum absolute atomic E-state index is 6.15. The van der Waals surface area contributed by atoms with Crippen LogP contribution < -0.4 is 15.8 Å². The number of pyridine rings is 1. The van der Waals surface area contributed by atoms with Crippen LogP contribution in [0.3, 0.4) is 0 Å². The molecule has 0 unspecified atom stereocenters. The second kappa shape index (κ2) is 9.72. The average molecular weight is 447 g/mol. The molecule has 1 fully saturated rings. The van der Waals surface area contributed by atoms with E-state index in [2.05, 4.69) is 49.0 Å². The van der Waals surface area contributed by atoms with Crippen LogP contribution in [0, 0.1) is 17.3 Å². The van der Waals surface area contributed by atoms with E-state index in [1.165, 1.54) is 5.01 Å². The molecular formula is C26H30N4OS. The van der Waals surface area contributed by atoms with Crippen molar-refractivity contribution in [3.05, 3.63) is 58.9 Å². The van der Waals surface area contributed by atoms with Crippen LogP contribution in [-0.2, 0) is 6.61 Å². The Hall–Kier alpha value is -2.88. The Kier molecular flexibility index (Phi) is 6.78. The quantitative estimate of drug-likeness (QED) is 0.525. The number of ether oxygens (including phenoxy) is 1. The van der Waals surface area contributed by atoms with Gasteiger partial charge in [0.2, 0.25) is 0 Å². The molecule has 166 valence electrons. The summed E-state index contributed by atoms with van der Waals surface area (Å²) in [6.45, 7) is 8.77. The van der Waals surface area contributed by atoms with Crippen molar-refractivity contribution >= 4 is 17.2 Å². The third-order valence-corrected chi connectivity index (χ3v) is 6.52. The maximum Gasteiger partial charge on any atom is 0.130 e. The standard InChI is InChI=1S/C26H30N4OS/c1-26(2,3)10-7-18-5-4-6-22(13-18)31-17-21-14-20(15-29-24(21)27)23-16-30-25(32-23)19-8-11-28-12-9-19/h4-6,13-16,19,28H,8-9,11-12,17H2,1-3H3,(H2,27,29). The molecule has 2 aromatic heterocycles. The van der Waals surface area contributed by atoms with Crippen LogP contribution in [0.1, 0.15) is 55.7 Å². The Morgan fingerprint density at radius 2 is 1.97 bits per heavy atom. The van der Waals surface area contributed by atoms with Gasteiger partial charge in [0.15, 0.2) is 0 Å². The fourth-order valence-corrected chi connectivity index (χ4v) is 4.60. The van der Waals surface area contributed by atoms with E-state index in [9.17, 15) is 0 Å². The first-order chi connectivity index (χ1) is 15.4. The fourth-order valence-electron chi connectivity index (χ4n) is 3.53. The van der Waals surface area contributed by atoms with Crippen molar-refractivity contribution in [3.8, 4) is 28.0 Å². The number of piperidine rings is 1. The number of benzene rings is 1. The highest BCUT2D eigenvalue weighted by Crippen LogP contribution is 2.34.